The predicted octanol–water partition coefficient (Wildman–Crippen LogP) is 2.57. The van der Waals surface area contributed by atoms with E-state index in [-0.39, 0.29) is 0 Å². The number of pyridine rings is 1. The van der Waals surface area contributed by atoms with Crippen LogP contribution in [0.4, 0.5) is 11.4 Å². The number of hydrogen-bond acceptors (Lipinski definition) is 3. The first kappa shape index (κ1) is 11.6. The van der Waals surface area contributed by atoms with Crippen LogP contribution in [0, 0.1) is 0 Å². The van der Waals surface area contributed by atoms with Crippen LogP contribution in [0.2, 0.25) is 0 Å². The molecule has 0 aliphatic carbocycles. The average Bonchev–Trinajstić information content (AvgIpc) is 2.40. The lowest BCUT2D eigenvalue weighted by Crippen LogP contribution is -2.11. The van der Waals surface area contributed by atoms with Crippen LogP contribution in [0.15, 0.2) is 48.7 Å². The summed E-state index contributed by atoms with van der Waals surface area (Å²) in [5, 5.41) is 3.09. The molecular weight excluding hydrogens is 210 g/mol. The smallest absolute Gasteiger partial charge is 0.0594 e. The van der Waals surface area contributed by atoms with Crippen molar-refractivity contribution in [1.82, 2.24) is 10.3 Å². The third kappa shape index (κ3) is 2.82. The van der Waals surface area contributed by atoms with Gasteiger partial charge >= 0.3 is 0 Å². The number of benzene rings is 1. The topological polar surface area (TPSA) is 28.2 Å². The van der Waals surface area contributed by atoms with E-state index in [9.17, 15) is 0 Å². The van der Waals surface area contributed by atoms with Crippen molar-refractivity contribution in [2.75, 3.05) is 19.0 Å². The third-order valence-electron chi connectivity index (χ3n) is 2.70. The van der Waals surface area contributed by atoms with Crippen molar-refractivity contribution in [3.8, 4) is 0 Å². The van der Waals surface area contributed by atoms with Crippen LogP contribution in [-0.4, -0.2) is 19.1 Å². The molecule has 88 valence electrons. The minimum atomic E-state index is 0.801. The maximum absolute atomic E-state index is 4.41. The maximum Gasteiger partial charge on any atom is 0.0594 e. The zero-order valence-corrected chi connectivity index (χ0v) is 10.2. The van der Waals surface area contributed by atoms with E-state index in [0.717, 1.165) is 23.6 Å². The summed E-state index contributed by atoms with van der Waals surface area (Å²) in [6.45, 7) is 0.801. The highest BCUT2D eigenvalue weighted by molar-refractivity contribution is 5.61. The molecule has 1 heterocycles. The van der Waals surface area contributed by atoms with Gasteiger partial charge in [0.05, 0.1) is 17.6 Å². The molecule has 0 aliphatic heterocycles. The Bertz CT molecular complexity index is 451. The zero-order chi connectivity index (χ0) is 12.1. The van der Waals surface area contributed by atoms with Crippen LogP contribution >= 0.6 is 0 Å². The van der Waals surface area contributed by atoms with Gasteiger partial charge in [-0.1, -0.05) is 18.2 Å². The summed E-state index contributed by atoms with van der Waals surface area (Å²) in [5.41, 5.74) is 3.31. The standard InChI is InChI=1S/C14H17N3/c1-15-10-12-8-9-14(11-16-12)17(2)13-6-4-3-5-7-13/h3-9,11,15H,10H2,1-2H3. The van der Waals surface area contributed by atoms with Gasteiger partial charge in [0.2, 0.25) is 0 Å². The molecule has 1 aromatic heterocycles. The Morgan fingerprint density at radius 1 is 1.06 bits per heavy atom. The fourth-order valence-electron chi connectivity index (χ4n) is 1.70. The lowest BCUT2D eigenvalue weighted by atomic mass is 10.2. The van der Waals surface area contributed by atoms with Crippen molar-refractivity contribution >= 4 is 11.4 Å². The van der Waals surface area contributed by atoms with Crippen molar-refractivity contribution in [2.45, 2.75) is 6.54 Å². The van der Waals surface area contributed by atoms with Crippen molar-refractivity contribution in [3.63, 3.8) is 0 Å². The van der Waals surface area contributed by atoms with Gasteiger partial charge in [0.25, 0.3) is 0 Å². The van der Waals surface area contributed by atoms with Gasteiger partial charge in [0.15, 0.2) is 0 Å². The van der Waals surface area contributed by atoms with E-state index in [2.05, 4.69) is 33.4 Å². The molecule has 0 radical (unpaired) electrons. The molecule has 0 spiro atoms. The van der Waals surface area contributed by atoms with Gasteiger partial charge in [-0.3, -0.25) is 4.98 Å². The quantitative estimate of drug-likeness (QED) is 0.870. The maximum atomic E-state index is 4.41. The molecule has 0 fully saturated rings. The van der Waals surface area contributed by atoms with Gasteiger partial charge < -0.3 is 10.2 Å². The summed E-state index contributed by atoms with van der Waals surface area (Å²) < 4.78 is 0. The van der Waals surface area contributed by atoms with E-state index >= 15 is 0 Å². The SMILES string of the molecule is CNCc1ccc(N(C)c2ccccc2)cn1. The Labute approximate surface area is 102 Å². The second kappa shape index (κ2) is 5.46. The van der Waals surface area contributed by atoms with Crippen LogP contribution in [0.5, 0.6) is 0 Å². The number of anilines is 2. The largest absolute Gasteiger partial charge is 0.343 e. The van der Waals surface area contributed by atoms with Crippen molar-refractivity contribution in [2.24, 2.45) is 0 Å². The molecule has 3 heteroatoms. The molecule has 3 nitrogen and oxygen atoms in total. The molecule has 0 saturated carbocycles. The summed E-state index contributed by atoms with van der Waals surface area (Å²) in [5.74, 6) is 0. The molecule has 0 unspecified atom stereocenters. The highest BCUT2D eigenvalue weighted by Gasteiger charge is 2.03. The Morgan fingerprint density at radius 2 is 1.82 bits per heavy atom. The van der Waals surface area contributed by atoms with Gasteiger partial charge in [-0.05, 0) is 31.3 Å². The van der Waals surface area contributed by atoms with Crippen LogP contribution in [-0.2, 0) is 6.54 Å². The first-order chi connectivity index (χ1) is 8.31. The minimum absolute atomic E-state index is 0.801. The van der Waals surface area contributed by atoms with Crippen LogP contribution < -0.4 is 10.2 Å². The van der Waals surface area contributed by atoms with E-state index < -0.39 is 0 Å². The van der Waals surface area contributed by atoms with E-state index in [4.69, 9.17) is 0 Å². The number of para-hydroxylation sites is 1. The Morgan fingerprint density at radius 3 is 2.41 bits per heavy atom. The minimum Gasteiger partial charge on any atom is -0.343 e. The molecule has 17 heavy (non-hydrogen) atoms. The number of nitrogens with one attached hydrogen (secondary N) is 1. The predicted molar refractivity (Wildman–Crippen MR) is 71.5 cm³/mol. The van der Waals surface area contributed by atoms with Crippen LogP contribution in [0.3, 0.4) is 0 Å². The highest BCUT2D eigenvalue weighted by atomic mass is 15.1. The van der Waals surface area contributed by atoms with Crippen molar-refractivity contribution in [3.05, 3.63) is 54.4 Å². The molecular formula is C14H17N3. The lowest BCUT2D eigenvalue weighted by Gasteiger charge is -2.19. The number of hydrogen-bond donors (Lipinski definition) is 1. The molecule has 0 amide bonds. The molecule has 0 bridgehead atoms. The number of nitrogens with zero attached hydrogens (tertiary/aromatic N) is 2. The first-order valence-corrected chi connectivity index (χ1v) is 5.69. The normalized spacial score (nSPS) is 10.2. The summed E-state index contributed by atoms with van der Waals surface area (Å²) >= 11 is 0. The molecule has 2 aromatic rings. The van der Waals surface area contributed by atoms with Crippen LogP contribution in [0.25, 0.3) is 0 Å². The van der Waals surface area contributed by atoms with E-state index in [1.807, 2.05) is 44.6 Å². The Kier molecular flexibility index (Phi) is 3.73. The fourth-order valence-corrected chi connectivity index (χ4v) is 1.70. The van der Waals surface area contributed by atoms with E-state index in [1.54, 1.807) is 0 Å². The molecule has 0 aliphatic rings. The van der Waals surface area contributed by atoms with Gasteiger partial charge in [-0.25, -0.2) is 0 Å². The highest BCUT2D eigenvalue weighted by Crippen LogP contribution is 2.21. The third-order valence-corrected chi connectivity index (χ3v) is 2.70. The van der Waals surface area contributed by atoms with Gasteiger partial charge in [0, 0.05) is 19.3 Å². The summed E-state index contributed by atoms with van der Waals surface area (Å²) in [4.78, 5) is 6.53. The second-order valence-electron chi connectivity index (χ2n) is 3.93. The first-order valence-electron chi connectivity index (χ1n) is 5.69. The monoisotopic (exact) mass is 227 g/mol. The Hall–Kier alpha value is -1.87. The van der Waals surface area contributed by atoms with Crippen molar-refractivity contribution in [1.29, 1.82) is 0 Å². The summed E-state index contributed by atoms with van der Waals surface area (Å²) in [6.07, 6.45) is 1.90. The summed E-state index contributed by atoms with van der Waals surface area (Å²) in [7, 11) is 3.97. The summed E-state index contributed by atoms with van der Waals surface area (Å²) in [6, 6.07) is 14.4. The van der Waals surface area contributed by atoms with E-state index in [0.29, 0.717) is 0 Å². The zero-order valence-electron chi connectivity index (χ0n) is 10.2. The van der Waals surface area contributed by atoms with Crippen LogP contribution in [0.1, 0.15) is 5.69 Å². The lowest BCUT2D eigenvalue weighted by molar-refractivity contribution is 0.791. The molecule has 0 saturated heterocycles. The molecule has 1 aromatic carbocycles. The molecule has 0 atom stereocenters. The average molecular weight is 227 g/mol. The molecule has 1 N–H and O–H groups in total. The Balaban J connectivity index is 2.17. The number of rotatable bonds is 4. The fraction of sp³-hybridized carbons (Fsp3) is 0.214. The molecule has 2 rings (SSSR count). The van der Waals surface area contributed by atoms with Gasteiger partial charge in [0.1, 0.15) is 0 Å². The van der Waals surface area contributed by atoms with Crippen molar-refractivity contribution < 1.29 is 0 Å². The van der Waals surface area contributed by atoms with E-state index in [1.165, 1.54) is 0 Å². The number of aromatic nitrogens is 1. The second-order valence-corrected chi connectivity index (χ2v) is 3.93. The van der Waals surface area contributed by atoms with Gasteiger partial charge in [-0.2, -0.15) is 0 Å². The van der Waals surface area contributed by atoms with Gasteiger partial charge in [-0.15, -0.1) is 0 Å².